The number of hydrogen-bond acceptors (Lipinski definition) is 4. The first-order valence-corrected chi connectivity index (χ1v) is 9.01. The molecule has 1 aromatic heterocycles. The van der Waals surface area contributed by atoms with Crippen molar-refractivity contribution in [2.24, 2.45) is 0 Å². The lowest BCUT2D eigenvalue weighted by Crippen LogP contribution is -2.48. The number of benzene rings is 1. The molecule has 1 amide bonds. The number of hydrogen-bond donors (Lipinski definition) is 0. The third-order valence-corrected chi connectivity index (χ3v) is 4.71. The van der Waals surface area contributed by atoms with Gasteiger partial charge in [0.15, 0.2) is 0 Å². The molecule has 0 saturated carbocycles. The fourth-order valence-corrected chi connectivity index (χ4v) is 3.23. The van der Waals surface area contributed by atoms with Gasteiger partial charge in [-0.15, -0.1) is 0 Å². The van der Waals surface area contributed by atoms with E-state index in [4.69, 9.17) is 4.74 Å². The minimum Gasteiger partial charge on any atom is -0.497 e. The maximum atomic E-state index is 12.8. The lowest BCUT2D eigenvalue weighted by atomic mass is 10.2. The summed E-state index contributed by atoms with van der Waals surface area (Å²) in [7, 11) is 1.60. The molecule has 6 heteroatoms. The maximum Gasteiger partial charge on any atom is 0.255 e. The van der Waals surface area contributed by atoms with Crippen molar-refractivity contribution in [3.63, 3.8) is 0 Å². The molecule has 0 atom stereocenters. The van der Waals surface area contributed by atoms with E-state index in [1.165, 1.54) is 10.6 Å². The van der Waals surface area contributed by atoms with E-state index in [2.05, 4.69) is 11.8 Å². The van der Waals surface area contributed by atoms with Gasteiger partial charge in [-0.3, -0.25) is 19.1 Å². The van der Waals surface area contributed by atoms with E-state index in [9.17, 15) is 9.59 Å². The van der Waals surface area contributed by atoms with Crippen LogP contribution in [0.1, 0.15) is 23.7 Å². The van der Waals surface area contributed by atoms with Crippen LogP contribution >= 0.6 is 0 Å². The zero-order chi connectivity index (χ0) is 18.5. The molecule has 138 valence electrons. The van der Waals surface area contributed by atoms with Gasteiger partial charge in [-0.2, -0.15) is 0 Å². The summed E-state index contributed by atoms with van der Waals surface area (Å²) in [6.07, 6.45) is 2.76. The molecule has 1 saturated heterocycles. The quantitative estimate of drug-likeness (QED) is 0.823. The van der Waals surface area contributed by atoms with E-state index >= 15 is 0 Å². The van der Waals surface area contributed by atoms with Crippen molar-refractivity contribution < 1.29 is 9.53 Å². The van der Waals surface area contributed by atoms with Crippen molar-refractivity contribution in [1.29, 1.82) is 0 Å². The second-order valence-corrected chi connectivity index (χ2v) is 6.46. The zero-order valence-corrected chi connectivity index (χ0v) is 15.4. The summed E-state index contributed by atoms with van der Waals surface area (Å²) in [5, 5.41) is 0. The first-order valence-electron chi connectivity index (χ1n) is 9.01. The van der Waals surface area contributed by atoms with Crippen LogP contribution < -0.4 is 10.3 Å². The van der Waals surface area contributed by atoms with Crippen molar-refractivity contribution in [3.05, 3.63) is 58.5 Å². The summed E-state index contributed by atoms with van der Waals surface area (Å²) in [6, 6.07) is 10.3. The fraction of sp³-hybridized carbons (Fsp3) is 0.400. The number of carbonyl (C=O) groups is 1. The maximum absolute atomic E-state index is 12.8. The highest BCUT2D eigenvalue weighted by Gasteiger charge is 2.22. The summed E-state index contributed by atoms with van der Waals surface area (Å²) >= 11 is 0. The minimum atomic E-state index is -0.167. The van der Waals surface area contributed by atoms with Crippen LogP contribution in [-0.4, -0.2) is 60.1 Å². The molecule has 0 aliphatic carbocycles. The summed E-state index contributed by atoms with van der Waals surface area (Å²) in [6.45, 7) is 6.49. The molecular formula is C20H25N3O3. The number of piperazine rings is 1. The molecule has 26 heavy (non-hydrogen) atoms. The number of carbonyl (C=O) groups excluding carboxylic acids is 1. The van der Waals surface area contributed by atoms with E-state index < -0.39 is 0 Å². The first-order chi connectivity index (χ1) is 12.6. The van der Waals surface area contributed by atoms with Crippen LogP contribution in [0.4, 0.5) is 0 Å². The topological polar surface area (TPSA) is 54.8 Å². The van der Waals surface area contributed by atoms with Crippen molar-refractivity contribution in [2.75, 3.05) is 39.8 Å². The number of amides is 1. The average molecular weight is 355 g/mol. The molecule has 0 bridgehead atoms. The van der Waals surface area contributed by atoms with Crippen LogP contribution in [-0.2, 0) is 0 Å². The van der Waals surface area contributed by atoms with Crippen molar-refractivity contribution in [3.8, 4) is 11.4 Å². The Labute approximate surface area is 153 Å². The molecule has 1 aromatic carbocycles. The van der Waals surface area contributed by atoms with E-state index in [0.29, 0.717) is 11.3 Å². The monoisotopic (exact) mass is 355 g/mol. The van der Waals surface area contributed by atoms with Crippen molar-refractivity contribution in [2.45, 2.75) is 13.3 Å². The van der Waals surface area contributed by atoms with E-state index in [-0.39, 0.29) is 11.5 Å². The zero-order valence-electron chi connectivity index (χ0n) is 15.4. The fourth-order valence-electron chi connectivity index (χ4n) is 3.23. The SMILES string of the molecule is CCCN1CCN(C(=O)c2ccc(=O)n(-c3ccc(OC)cc3)c2)CC1. The number of rotatable bonds is 5. The lowest BCUT2D eigenvalue weighted by molar-refractivity contribution is 0.0637. The summed E-state index contributed by atoms with van der Waals surface area (Å²) in [5.74, 6) is 0.697. The molecule has 0 spiro atoms. The highest BCUT2D eigenvalue weighted by Crippen LogP contribution is 2.15. The number of nitrogens with zero attached hydrogens (tertiary/aromatic N) is 3. The molecule has 1 aliphatic rings. The van der Waals surface area contributed by atoms with Crippen LogP contribution in [0.25, 0.3) is 5.69 Å². The third kappa shape index (κ3) is 3.96. The molecule has 0 unspecified atom stereocenters. The smallest absolute Gasteiger partial charge is 0.255 e. The molecule has 1 fully saturated rings. The van der Waals surface area contributed by atoms with Gasteiger partial charge in [-0.05, 0) is 43.3 Å². The van der Waals surface area contributed by atoms with Crippen molar-refractivity contribution in [1.82, 2.24) is 14.4 Å². The van der Waals surface area contributed by atoms with Gasteiger partial charge in [-0.25, -0.2) is 0 Å². The van der Waals surface area contributed by atoms with Crippen LogP contribution in [0.15, 0.2) is 47.4 Å². The Morgan fingerprint density at radius 1 is 1.04 bits per heavy atom. The second kappa shape index (κ2) is 8.19. The Morgan fingerprint density at radius 3 is 2.35 bits per heavy atom. The Kier molecular flexibility index (Phi) is 5.73. The summed E-state index contributed by atoms with van der Waals surface area (Å²) < 4.78 is 6.65. The number of pyridine rings is 1. The molecule has 3 rings (SSSR count). The second-order valence-electron chi connectivity index (χ2n) is 6.46. The predicted octanol–water partition coefficient (Wildman–Crippen LogP) is 2.01. The number of methoxy groups -OCH3 is 1. The highest BCUT2D eigenvalue weighted by atomic mass is 16.5. The number of aromatic nitrogens is 1. The summed E-state index contributed by atoms with van der Waals surface area (Å²) in [4.78, 5) is 29.3. The van der Waals surface area contributed by atoms with Crippen molar-refractivity contribution >= 4 is 5.91 Å². The molecule has 2 heterocycles. The van der Waals surface area contributed by atoms with Gasteiger partial charge in [0.2, 0.25) is 0 Å². The van der Waals surface area contributed by atoms with Crippen LogP contribution in [0.5, 0.6) is 5.75 Å². The third-order valence-electron chi connectivity index (χ3n) is 4.71. The average Bonchev–Trinajstić information content (AvgIpc) is 2.69. The molecule has 0 radical (unpaired) electrons. The van der Waals surface area contributed by atoms with Crippen LogP contribution in [0, 0.1) is 0 Å². The predicted molar refractivity (Wildman–Crippen MR) is 101 cm³/mol. The Hall–Kier alpha value is -2.60. The normalized spacial score (nSPS) is 15.1. The van der Waals surface area contributed by atoms with Gasteiger partial charge in [0, 0.05) is 44.1 Å². The highest BCUT2D eigenvalue weighted by molar-refractivity contribution is 5.94. The molecule has 0 N–H and O–H groups in total. The standard InChI is InChI=1S/C20H25N3O3/c1-3-10-21-11-13-22(14-12-21)20(25)16-4-9-19(24)23(15-16)17-5-7-18(26-2)8-6-17/h4-9,15H,3,10-14H2,1-2H3. The van der Waals surface area contributed by atoms with Crippen LogP contribution in [0.2, 0.25) is 0 Å². The van der Waals surface area contributed by atoms with Crippen LogP contribution in [0.3, 0.4) is 0 Å². The first kappa shape index (κ1) is 18.2. The Morgan fingerprint density at radius 2 is 1.73 bits per heavy atom. The minimum absolute atomic E-state index is 0.0246. The van der Waals surface area contributed by atoms with E-state index in [1.807, 2.05) is 4.90 Å². The lowest BCUT2D eigenvalue weighted by Gasteiger charge is -2.34. The molecule has 1 aliphatic heterocycles. The molecule has 6 nitrogen and oxygen atoms in total. The van der Waals surface area contributed by atoms with Gasteiger partial charge in [0.1, 0.15) is 5.75 Å². The van der Waals surface area contributed by atoms with Gasteiger partial charge in [0.05, 0.1) is 12.7 Å². The largest absolute Gasteiger partial charge is 0.497 e. The van der Waals surface area contributed by atoms with Gasteiger partial charge < -0.3 is 9.64 Å². The molecular weight excluding hydrogens is 330 g/mol. The van der Waals surface area contributed by atoms with Gasteiger partial charge >= 0.3 is 0 Å². The van der Waals surface area contributed by atoms with Gasteiger partial charge in [-0.1, -0.05) is 6.92 Å². The Balaban J connectivity index is 1.78. The Bertz CT molecular complexity index is 806. The van der Waals surface area contributed by atoms with E-state index in [1.54, 1.807) is 43.6 Å². The van der Waals surface area contributed by atoms with Gasteiger partial charge in [0.25, 0.3) is 11.5 Å². The summed E-state index contributed by atoms with van der Waals surface area (Å²) in [5.41, 5.74) is 1.07. The molecule has 2 aromatic rings. The number of ether oxygens (including phenoxy) is 1. The van der Waals surface area contributed by atoms with E-state index in [0.717, 1.165) is 44.9 Å².